The van der Waals surface area contributed by atoms with E-state index in [4.69, 9.17) is 22.6 Å². The van der Waals surface area contributed by atoms with Crippen molar-refractivity contribution < 1.29 is 0 Å². The lowest BCUT2D eigenvalue weighted by Gasteiger charge is -2.33. The summed E-state index contributed by atoms with van der Waals surface area (Å²) in [5, 5.41) is 8.74. The van der Waals surface area contributed by atoms with E-state index in [2.05, 4.69) is 24.8 Å². The molecule has 2 atom stereocenters. The quantitative estimate of drug-likeness (QED) is 0.835. The van der Waals surface area contributed by atoms with Gasteiger partial charge in [0.15, 0.2) is 0 Å². The van der Waals surface area contributed by atoms with Gasteiger partial charge in [-0.3, -0.25) is 4.90 Å². The molecule has 0 amide bonds. The minimum Gasteiger partial charge on any atom is -0.326 e. The van der Waals surface area contributed by atoms with Gasteiger partial charge in [0.2, 0.25) is 0 Å². The fourth-order valence-corrected chi connectivity index (χ4v) is 3.33. The molecule has 0 fully saturated rings. The maximum atomic E-state index is 8.74. The van der Waals surface area contributed by atoms with Gasteiger partial charge in [0.05, 0.1) is 16.4 Å². The number of hydrogen-bond donors (Lipinski definition) is 1. The summed E-state index contributed by atoms with van der Waals surface area (Å²) < 4.78 is 0.787. The first kappa shape index (κ1) is 15.5. The molecular weight excluding hydrogens is 266 g/mol. The first-order chi connectivity index (χ1) is 8.63. The number of nitrogens with two attached hydrogens (primary N) is 1. The molecule has 2 N–H and O–H groups in total. The van der Waals surface area contributed by atoms with Crippen molar-refractivity contribution in [1.29, 1.82) is 5.26 Å². The number of hydrogen-bond acceptors (Lipinski definition) is 4. The Hall–Kier alpha value is -0.600. The Labute approximate surface area is 118 Å². The topological polar surface area (TPSA) is 53.0 Å². The van der Waals surface area contributed by atoms with Gasteiger partial charge in [0.1, 0.15) is 0 Å². The standard InChI is InChI=1S/C13H20ClN3S/c1-3-10(16)13(11-6-7-12(14)18-11)17(4-2)9-5-8-15/h6-7,10,13H,3-5,9,16H2,1-2H3. The number of halogens is 1. The molecule has 0 radical (unpaired) electrons. The zero-order valence-electron chi connectivity index (χ0n) is 10.9. The molecule has 0 aliphatic carbocycles. The van der Waals surface area contributed by atoms with E-state index in [1.807, 2.05) is 12.1 Å². The lowest BCUT2D eigenvalue weighted by molar-refractivity contribution is 0.184. The first-order valence-corrected chi connectivity index (χ1v) is 7.45. The molecule has 0 bridgehead atoms. The summed E-state index contributed by atoms with van der Waals surface area (Å²) in [6.07, 6.45) is 1.43. The molecule has 1 aromatic heterocycles. The van der Waals surface area contributed by atoms with E-state index in [0.717, 1.165) is 23.8 Å². The second-order valence-corrected chi connectivity index (χ2v) is 5.94. The fraction of sp³-hybridized carbons (Fsp3) is 0.615. The molecule has 1 heterocycles. The van der Waals surface area contributed by atoms with Crippen LogP contribution in [0.4, 0.5) is 0 Å². The van der Waals surface area contributed by atoms with Crippen LogP contribution in [0.5, 0.6) is 0 Å². The molecule has 1 rings (SSSR count). The van der Waals surface area contributed by atoms with Gasteiger partial charge < -0.3 is 5.73 Å². The van der Waals surface area contributed by atoms with Crippen LogP contribution in [0.15, 0.2) is 12.1 Å². The van der Waals surface area contributed by atoms with Gasteiger partial charge in [-0.15, -0.1) is 11.3 Å². The van der Waals surface area contributed by atoms with Gasteiger partial charge >= 0.3 is 0 Å². The average molecular weight is 286 g/mol. The van der Waals surface area contributed by atoms with Crippen LogP contribution in [0, 0.1) is 11.3 Å². The van der Waals surface area contributed by atoms with Crippen LogP contribution >= 0.6 is 22.9 Å². The Balaban J connectivity index is 2.93. The van der Waals surface area contributed by atoms with Crippen LogP contribution < -0.4 is 5.73 Å². The lowest BCUT2D eigenvalue weighted by atomic mass is 10.0. The monoisotopic (exact) mass is 285 g/mol. The molecular formula is C13H20ClN3S. The molecule has 0 aliphatic rings. The highest BCUT2D eigenvalue weighted by Gasteiger charge is 2.25. The Bertz CT molecular complexity index is 399. The average Bonchev–Trinajstić information content (AvgIpc) is 2.79. The number of nitrogens with zero attached hydrogens (tertiary/aromatic N) is 2. The third-order valence-electron chi connectivity index (χ3n) is 3.07. The minimum atomic E-state index is 0.0679. The summed E-state index contributed by atoms with van der Waals surface area (Å²) in [7, 11) is 0. The van der Waals surface area contributed by atoms with Crippen molar-refractivity contribution in [1.82, 2.24) is 4.90 Å². The number of likely N-dealkylation sites (N-methyl/N-ethyl adjacent to an activating group) is 1. The van der Waals surface area contributed by atoms with Gasteiger partial charge in [0, 0.05) is 23.9 Å². The van der Waals surface area contributed by atoms with Crippen LogP contribution in [-0.4, -0.2) is 24.0 Å². The second kappa shape index (κ2) is 7.75. The third kappa shape index (κ3) is 3.96. The van der Waals surface area contributed by atoms with Gasteiger partial charge in [-0.05, 0) is 25.1 Å². The third-order valence-corrected chi connectivity index (χ3v) is 4.37. The van der Waals surface area contributed by atoms with Crippen molar-refractivity contribution in [3.8, 4) is 6.07 Å². The maximum Gasteiger partial charge on any atom is 0.0931 e. The zero-order chi connectivity index (χ0) is 13.5. The molecule has 3 nitrogen and oxygen atoms in total. The van der Waals surface area contributed by atoms with E-state index in [0.29, 0.717) is 6.42 Å². The predicted octanol–water partition coefficient (Wildman–Crippen LogP) is 3.42. The Morgan fingerprint density at radius 3 is 2.67 bits per heavy atom. The summed E-state index contributed by atoms with van der Waals surface area (Å²) in [6, 6.07) is 6.38. The van der Waals surface area contributed by atoms with Crippen LogP contribution in [-0.2, 0) is 0 Å². The summed E-state index contributed by atoms with van der Waals surface area (Å²) in [4.78, 5) is 3.45. The van der Waals surface area contributed by atoms with Crippen molar-refractivity contribution in [2.45, 2.75) is 38.8 Å². The summed E-state index contributed by atoms with van der Waals surface area (Å²) in [6.45, 7) is 5.82. The summed E-state index contributed by atoms with van der Waals surface area (Å²) in [5.41, 5.74) is 6.25. The Morgan fingerprint density at radius 2 is 2.22 bits per heavy atom. The van der Waals surface area contributed by atoms with E-state index < -0.39 is 0 Å². The number of thiophene rings is 1. The smallest absolute Gasteiger partial charge is 0.0931 e. The predicted molar refractivity (Wildman–Crippen MR) is 77.8 cm³/mol. The highest BCUT2D eigenvalue weighted by Crippen LogP contribution is 2.33. The molecule has 0 saturated carbocycles. The second-order valence-electron chi connectivity index (χ2n) is 4.20. The van der Waals surface area contributed by atoms with E-state index in [1.165, 1.54) is 4.88 Å². The van der Waals surface area contributed by atoms with Gasteiger partial charge in [-0.2, -0.15) is 5.26 Å². The largest absolute Gasteiger partial charge is 0.326 e. The SMILES string of the molecule is CCC(N)C(c1ccc(Cl)s1)N(CC)CCC#N. The molecule has 0 aliphatic heterocycles. The molecule has 1 aromatic rings. The fourth-order valence-electron chi connectivity index (χ4n) is 2.06. The van der Waals surface area contributed by atoms with Crippen LogP contribution in [0.1, 0.15) is 37.6 Å². The molecule has 0 aromatic carbocycles. The van der Waals surface area contributed by atoms with Gasteiger partial charge in [-0.1, -0.05) is 25.4 Å². The molecule has 0 saturated heterocycles. The molecule has 2 unspecified atom stereocenters. The Kier molecular flexibility index (Phi) is 6.66. The zero-order valence-corrected chi connectivity index (χ0v) is 12.5. The van der Waals surface area contributed by atoms with Crippen molar-refractivity contribution >= 4 is 22.9 Å². The highest BCUT2D eigenvalue weighted by molar-refractivity contribution is 7.16. The van der Waals surface area contributed by atoms with Gasteiger partial charge in [0.25, 0.3) is 0 Å². The van der Waals surface area contributed by atoms with Crippen molar-refractivity contribution in [2.75, 3.05) is 13.1 Å². The van der Waals surface area contributed by atoms with E-state index in [1.54, 1.807) is 11.3 Å². The van der Waals surface area contributed by atoms with Crippen molar-refractivity contribution in [3.05, 3.63) is 21.3 Å². The minimum absolute atomic E-state index is 0.0679. The number of nitriles is 1. The van der Waals surface area contributed by atoms with Crippen molar-refractivity contribution in [3.63, 3.8) is 0 Å². The molecule has 100 valence electrons. The van der Waals surface area contributed by atoms with E-state index in [-0.39, 0.29) is 12.1 Å². The van der Waals surface area contributed by atoms with E-state index >= 15 is 0 Å². The summed E-state index contributed by atoms with van der Waals surface area (Å²) in [5.74, 6) is 0. The molecule has 5 heteroatoms. The Morgan fingerprint density at radius 1 is 1.50 bits per heavy atom. The highest BCUT2D eigenvalue weighted by atomic mass is 35.5. The van der Waals surface area contributed by atoms with Crippen LogP contribution in [0.3, 0.4) is 0 Å². The van der Waals surface area contributed by atoms with Gasteiger partial charge in [-0.25, -0.2) is 0 Å². The lowest BCUT2D eigenvalue weighted by Crippen LogP contribution is -2.40. The molecule has 0 spiro atoms. The van der Waals surface area contributed by atoms with Crippen LogP contribution in [0.25, 0.3) is 0 Å². The summed E-state index contributed by atoms with van der Waals surface area (Å²) >= 11 is 7.59. The van der Waals surface area contributed by atoms with Crippen LogP contribution in [0.2, 0.25) is 4.34 Å². The molecule has 18 heavy (non-hydrogen) atoms. The van der Waals surface area contributed by atoms with E-state index in [9.17, 15) is 0 Å². The first-order valence-electron chi connectivity index (χ1n) is 6.25. The maximum absolute atomic E-state index is 8.74. The number of rotatable bonds is 7. The van der Waals surface area contributed by atoms with Crippen molar-refractivity contribution in [2.24, 2.45) is 5.73 Å². The normalized spacial score (nSPS) is 14.4.